The summed E-state index contributed by atoms with van der Waals surface area (Å²) in [5.74, 6) is -1.32. The molecule has 2 heterocycles. The van der Waals surface area contributed by atoms with E-state index in [0.29, 0.717) is 28.0 Å². The summed E-state index contributed by atoms with van der Waals surface area (Å²) in [6.07, 6.45) is 1.53. The zero-order valence-electron chi connectivity index (χ0n) is 17.1. The molecule has 2 aromatic heterocycles. The van der Waals surface area contributed by atoms with Gasteiger partial charge in [0.15, 0.2) is 0 Å². The van der Waals surface area contributed by atoms with Crippen molar-refractivity contribution in [3.05, 3.63) is 100 Å². The fourth-order valence-electron chi connectivity index (χ4n) is 3.39. The molecule has 4 rings (SSSR count). The number of carbonyl (C=O) groups is 2. The van der Waals surface area contributed by atoms with Gasteiger partial charge in [-0.05, 0) is 42.5 Å². The van der Waals surface area contributed by atoms with Gasteiger partial charge in [-0.25, -0.2) is 9.37 Å². The van der Waals surface area contributed by atoms with Gasteiger partial charge in [-0.15, -0.1) is 0 Å². The Morgan fingerprint density at radius 1 is 0.969 bits per heavy atom. The molecule has 160 valence electrons. The molecule has 0 spiro atoms. The van der Waals surface area contributed by atoms with Crippen LogP contribution in [0.2, 0.25) is 0 Å². The van der Waals surface area contributed by atoms with Gasteiger partial charge in [0.2, 0.25) is 5.91 Å². The van der Waals surface area contributed by atoms with E-state index in [1.807, 2.05) is 0 Å². The number of benzene rings is 2. The van der Waals surface area contributed by atoms with Crippen LogP contribution in [0.5, 0.6) is 0 Å². The van der Waals surface area contributed by atoms with Gasteiger partial charge in [-0.2, -0.15) is 0 Å². The van der Waals surface area contributed by atoms with Crippen LogP contribution in [0.15, 0.2) is 77.7 Å². The maximum atomic E-state index is 14.2. The number of fused-ring (bicyclic) bond motifs is 1. The van der Waals surface area contributed by atoms with E-state index in [9.17, 15) is 18.8 Å². The Labute approximate surface area is 182 Å². The van der Waals surface area contributed by atoms with Gasteiger partial charge in [0.05, 0.1) is 6.54 Å². The zero-order chi connectivity index (χ0) is 22.7. The third-order valence-electron chi connectivity index (χ3n) is 4.82. The number of aromatic nitrogens is 2. The van der Waals surface area contributed by atoms with E-state index in [0.717, 1.165) is 0 Å². The van der Waals surface area contributed by atoms with Crippen LogP contribution in [0.1, 0.15) is 22.8 Å². The monoisotopic (exact) mass is 430 g/mol. The molecular formula is C24H19FN4O3. The number of halogens is 1. The molecule has 2 amide bonds. The smallest absolute Gasteiger partial charge is 0.265 e. The van der Waals surface area contributed by atoms with Gasteiger partial charge in [0.25, 0.3) is 11.5 Å². The fourth-order valence-corrected chi connectivity index (χ4v) is 3.39. The van der Waals surface area contributed by atoms with E-state index >= 15 is 0 Å². The number of pyridine rings is 2. The Morgan fingerprint density at radius 3 is 2.47 bits per heavy atom. The maximum Gasteiger partial charge on any atom is 0.265 e. The molecule has 0 saturated heterocycles. The molecule has 4 aromatic rings. The Balaban J connectivity index is 1.74. The SMILES string of the molecule is CC(=O)Nc1cccc(NC(=O)c2cc3cccnc3n(Cc3ccccc3F)c2=O)c1. The lowest BCUT2D eigenvalue weighted by molar-refractivity contribution is -0.114. The number of nitrogens with zero attached hydrogens (tertiary/aromatic N) is 2. The van der Waals surface area contributed by atoms with Crippen LogP contribution >= 0.6 is 0 Å². The van der Waals surface area contributed by atoms with Crippen molar-refractivity contribution < 1.29 is 14.0 Å². The molecule has 0 aliphatic carbocycles. The summed E-state index contributed by atoms with van der Waals surface area (Å²) >= 11 is 0. The Hall–Kier alpha value is -4.33. The van der Waals surface area contributed by atoms with Gasteiger partial charge in [-0.3, -0.25) is 19.0 Å². The summed E-state index contributed by atoms with van der Waals surface area (Å²) in [6, 6.07) is 17.6. The van der Waals surface area contributed by atoms with Gasteiger partial charge >= 0.3 is 0 Å². The lowest BCUT2D eigenvalue weighted by Gasteiger charge is -2.13. The van der Waals surface area contributed by atoms with E-state index in [-0.39, 0.29) is 18.0 Å². The van der Waals surface area contributed by atoms with Gasteiger partial charge in [-0.1, -0.05) is 24.3 Å². The molecule has 32 heavy (non-hydrogen) atoms. The molecule has 0 atom stereocenters. The number of hydrogen-bond donors (Lipinski definition) is 2. The molecule has 0 saturated carbocycles. The number of rotatable bonds is 5. The van der Waals surface area contributed by atoms with Crippen LogP contribution in [-0.2, 0) is 11.3 Å². The van der Waals surface area contributed by atoms with Crippen LogP contribution in [0.4, 0.5) is 15.8 Å². The molecule has 2 N–H and O–H groups in total. The molecule has 8 heteroatoms. The van der Waals surface area contributed by atoms with Crippen molar-refractivity contribution in [2.24, 2.45) is 0 Å². The third-order valence-corrected chi connectivity index (χ3v) is 4.82. The zero-order valence-corrected chi connectivity index (χ0v) is 17.1. The van der Waals surface area contributed by atoms with E-state index in [2.05, 4.69) is 15.6 Å². The van der Waals surface area contributed by atoms with Crippen molar-refractivity contribution in [1.29, 1.82) is 0 Å². The van der Waals surface area contributed by atoms with Crippen molar-refractivity contribution in [3.8, 4) is 0 Å². The predicted molar refractivity (Wildman–Crippen MR) is 120 cm³/mol. The predicted octanol–water partition coefficient (Wildman–Crippen LogP) is 3.79. The first kappa shape index (κ1) is 20.9. The first-order chi connectivity index (χ1) is 15.4. The van der Waals surface area contributed by atoms with Crippen molar-refractivity contribution in [2.75, 3.05) is 10.6 Å². The first-order valence-electron chi connectivity index (χ1n) is 9.83. The van der Waals surface area contributed by atoms with Gasteiger partial charge in [0, 0.05) is 35.4 Å². The Bertz CT molecular complexity index is 1400. The second-order valence-corrected chi connectivity index (χ2v) is 7.17. The Kier molecular flexibility index (Phi) is 5.76. The van der Waals surface area contributed by atoms with Crippen molar-refractivity contribution in [2.45, 2.75) is 13.5 Å². The average molecular weight is 430 g/mol. The van der Waals surface area contributed by atoms with Crippen molar-refractivity contribution in [3.63, 3.8) is 0 Å². The number of amides is 2. The van der Waals surface area contributed by atoms with E-state index in [1.165, 1.54) is 29.8 Å². The summed E-state index contributed by atoms with van der Waals surface area (Å²) in [4.78, 5) is 41.7. The first-order valence-corrected chi connectivity index (χ1v) is 9.83. The Morgan fingerprint density at radius 2 is 1.72 bits per heavy atom. The highest BCUT2D eigenvalue weighted by atomic mass is 19.1. The molecule has 0 radical (unpaired) electrons. The van der Waals surface area contributed by atoms with E-state index in [4.69, 9.17) is 0 Å². The van der Waals surface area contributed by atoms with Crippen LogP contribution in [0.3, 0.4) is 0 Å². The minimum Gasteiger partial charge on any atom is -0.326 e. The van der Waals surface area contributed by atoms with Gasteiger partial charge < -0.3 is 10.6 Å². The number of carbonyl (C=O) groups excluding carboxylic acids is 2. The number of hydrogen-bond acceptors (Lipinski definition) is 4. The summed E-state index contributed by atoms with van der Waals surface area (Å²) in [5.41, 5.74) is 0.886. The number of nitrogens with one attached hydrogen (secondary N) is 2. The average Bonchev–Trinajstić information content (AvgIpc) is 2.76. The van der Waals surface area contributed by atoms with E-state index in [1.54, 1.807) is 54.6 Å². The fraction of sp³-hybridized carbons (Fsp3) is 0.0833. The van der Waals surface area contributed by atoms with Crippen LogP contribution in [0.25, 0.3) is 11.0 Å². The van der Waals surface area contributed by atoms with Crippen LogP contribution < -0.4 is 16.2 Å². The molecule has 0 unspecified atom stereocenters. The summed E-state index contributed by atoms with van der Waals surface area (Å²) in [5, 5.41) is 5.89. The molecule has 0 bridgehead atoms. The number of anilines is 2. The summed E-state index contributed by atoms with van der Waals surface area (Å²) in [7, 11) is 0. The molecular weight excluding hydrogens is 411 g/mol. The highest BCUT2D eigenvalue weighted by molar-refractivity contribution is 6.06. The van der Waals surface area contributed by atoms with Crippen molar-refractivity contribution in [1.82, 2.24) is 9.55 Å². The molecule has 0 fully saturated rings. The lowest BCUT2D eigenvalue weighted by Crippen LogP contribution is -2.30. The summed E-state index contributed by atoms with van der Waals surface area (Å²) in [6.45, 7) is 1.31. The molecule has 7 nitrogen and oxygen atoms in total. The topological polar surface area (TPSA) is 93.1 Å². The normalized spacial score (nSPS) is 10.7. The van der Waals surface area contributed by atoms with Crippen LogP contribution in [-0.4, -0.2) is 21.4 Å². The van der Waals surface area contributed by atoms with Gasteiger partial charge in [0.1, 0.15) is 17.0 Å². The maximum absolute atomic E-state index is 14.2. The third kappa shape index (κ3) is 4.39. The summed E-state index contributed by atoms with van der Waals surface area (Å²) < 4.78 is 15.5. The van der Waals surface area contributed by atoms with Crippen LogP contribution in [0, 0.1) is 5.82 Å². The minimum absolute atomic E-state index is 0.0713. The van der Waals surface area contributed by atoms with Crippen molar-refractivity contribution >= 4 is 34.2 Å². The highest BCUT2D eigenvalue weighted by Gasteiger charge is 2.18. The largest absolute Gasteiger partial charge is 0.326 e. The standard InChI is InChI=1S/C24H19FN4O3/c1-15(30)27-18-8-4-9-19(13-18)28-23(31)20-12-16-7-5-11-26-22(16)29(24(20)32)14-17-6-2-3-10-21(17)25/h2-13H,14H2,1H3,(H,27,30)(H,28,31). The lowest BCUT2D eigenvalue weighted by atomic mass is 10.1. The molecule has 0 aliphatic rings. The molecule has 2 aromatic carbocycles. The quantitative estimate of drug-likeness (QED) is 0.504. The second-order valence-electron chi connectivity index (χ2n) is 7.17. The second kappa shape index (κ2) is 8.81. The minimum atomic E-state index is -0.622. The molecule has 0 aliphatic heterocycles. The van der Waals surface area contributed by atoms with E-state index < -0.39 is 17.3 Å². The highest BCUT2D eigenvalue weighted by Crippen LogP contribution is 2.18.